The first-order valence-corrected chi connectivity index (χ1v) is 7.03. The van der Waals surface area contributed by atoms with Gasteiger partial charge in [0.15, 0.2) is 0 Å². The average molecular weight is 281 g/mol. The number of carbonyl (C=O) groups excluding carboxylic acids is 2. The molecule has 0 saturated heterocycles. The van der Waals surface area contributed by atoms with E-state index in [-0.39, 0.29) is 12.3 Å². The van der Waals surface area contributed by atoms with Gasteiger partial charge < -0.3 is 9.47 Å². The van der Waals surface area contributed by atoms with E-state index in [0.717, 1.165) is 0 Å². The molecule has 0 aliphatic rings. The number of ether oxygens (including phenoxy) is 2. The zero-order valence-corrected chi connectivity index (χ0v) is 11.7. The minimum atomic E-state index is -3.74. The highest BCUT2D eigenvalue weighted by Crippen LogP contribution is 2.06. The Kier molecular flexibility index (Phi) is 6.85. The molecule has 0 aromatic carbocycles. The van der Waals surface area contributed by atoms with E-state index in [1.165, 1.54) is 14.2 Å². The first-order chi connectivity index (χ1) is 8.23. The summed E-state index contributed by atoms with van der Waals surface area (Å²) in [5.74, 6) is -1.98. The fourth-order valence-corrected chi connectivity index (χ4v) is 2.46. The van der Waals surface area contributed by atoms with Crippen LogP contribution in [0.25, 0.3) is 0 Å². The summed E-state index contributed by atoms with van der Waals surface area (Å²) in [5, 5.41) is 0. The number of esters is 2. The van der Waals surface area contributed by atoms with Crippen molar-refractivity contribution in [3.63, 3.8) is 0 Å². The lowest BCUT2D eigenvalue weighted by atomic mass is 10.1. The van der Waals surface area contributed by atoms with Crippen LogP contribution in [0.2, 0.25) is 0 Å². The highest BCUT2D eigenvalue weighted by atomic mass is 32.2. The molecule has 8 heteroatoms. The summed E-state index contributed by atoms with van der Waals surface area (Å²) in [6.45, 7) is 3.37. The topological polar surface area (TPSA) is 98.8 Å². The van der Waals surface area contributed by atoms with Gasteiger partial charge in [0, 0.05) is 0 Å². The van der Waals surface area contributed by atoms with Crippen LogP contribution in [0.5, 0.6) is 0 Å². The Morgan fingerprint density at radius 3 is 2.11 bits per heavy atom. The summed E-state index contributed by atoms with van der Waals surface area (Å²) < 4.78 is 34.4. The van der Waals surface area contributed by atoms with Gasteiger partial charge in [0.25, 0.3) is 0 Å². The Hall–Kier alpha value is -1.15. The van der Waals surface area contributed by atoms with Gasteiger partial charge in [-0.15, -0.1) is 0 Å². The molecule has 0 aliphatic carbocycles. The van der Waals surface area contributed by atoms with Crippen LogP contribution in [0.4, 0.5) is 0 Å². The van der Waals surface area contributed by atoms with E-state index in [2.05, 4.69) is 14.2 Å². The summed E-state index contributed by atoms with van der Waals surface area (Å²) in [6, 6.07) is -0.961. The predicted octanol–water partition coefficient (Wildman–Crippen LogP) is -0.333. The average Bonchev–Trinajstić information content (AvgIpc) is 2.31. The highest BCUT2D eigenvalue weighted by molar-refractivity contribution is 7.89. The molecule has 1 atom stereocenters. The summed E-state index contributed by atoms with van der Waals surface area (Å²) in [6.07, 6.45) is -0.266. The van der Waals surface area contributed by atoms with Crippen molar-refractivity contribution in [3.05, 3.63) is 0 Å². The number of rotatable bonds is 7. The smallest absolute Gasteiger partial charge is 0.324 e. The summed E-state index contributed by atoms with van der Waals surface area (Å²) >= 11 is 0. The zero-order valence-electron chi connectivity index (χ0n) is 10.9. The van der Waals surface area contributed by atoms with E-state index < -0.39 is 33.8 Å². The SMILES string of the molecule is COC(=O)CCS(=O)(=O)NC(C(=O)OC)C(C)C. The molecular formula is C10H19NO6S. The van der Waals surface area contributed by atoms with Gasteiger partial charge >= 0.3 is 11.9 Å². The molecule has 0 saturated carbocycles. The van der Waals surface area contributed by atoms with Crippen LogP contribution in [0.15, 0.2) is 0 Å². The predicted molar refractivity (Wildman–Crippen MR) is 64.2 cm³/mol. The number of carbonyl (C=O) groups is 2. The van der Waals surface area contributed by atoms with E-state index >= 15 is 0 Å². The third kappa shape index (κ3) is 5.97. The molecule has 0 radical (unpaired) electrons. The minimum Gasteiger partial charge on any atom is -0.469 e. The van der Waals surface area contributed by atoms with Crippen molar-refractivity contribution in [2.45, 2.75) is 26.3 Å². The summed E-state index contributed by atoms with van der Waals surface area (Å²) in [4.78, 5) is 22.2. The van der Waals surface area contributed by atoms with E-state index in [0.29, 0.717) is 0 Å². The molecule has 1 N–H and O–H groups in total. The number of hydrogen-bond donors (Lipinski definition) is 1. The van der Waals surface area contributed by atoms with Crippen molar-refractivity contribution in [1.29, 1.82) is 0 Å². The molecule has 0 aromatic rings. The van der Waals surface area contributed by atoms with Crippen LogP contribution in [-0.4, -0.2) is 46.4 Å². The molecular weight excluding hydrogens is 262 g/mol. The number of hydrogen-bond acceptors (Lipinski definition) is 6. The first-order valence-electron chi connectivity index (χ1n) is 5.38. The normalized spacial score (nSPS) is 13.2. The number of sulfonamides is 1. The molecule has 0 fully saturated rings. The Morgan fingerprint density at radius 1 is 1.17 bits per heavy atom. The van der Waals surface area contributed by atoms with Crippen LogP contribution in [0, 0.1) is 5.92 Å². The molecule has 0 rings (SSSR count). The van der Waals surface area contributed by atoms with Crippen molar-refractivity contribution < 1.29 is 27.5 Å². The lowest BCUT2D eigenvalue weighted by Crippen LogP contribution is -2.45. The maximum absolute atomic E-state index is 11.7. The summed E-state index contributed by atoms with van der Waals surface area (Å²) in [5.41, 5.74) is 0. The van der Waals surface area contributed by atoms with Gasteiger partial charge in [-0.25, -0.2) is 13.1 Å². The maximum atomic E-state index is 11.7. The van der Waals surface area contributed by atoms with Crippen LogP contribution in [0.3, 0.4) is 0 Å². The lowest BCUT2D eigenvalue weighted by molar-refractivity contribution is -0.143. The van der Waals surface area contributed by atoms with Crippen molar-refractivity contribution >= 4 is 22.0 Å². The molecule has 0 heterocycles. The quantitative estimate of drug-likeness (QED) is 0.641. The second-order valence-electron chi connectivity index (χ2n) is 4.01. The van der Waals surface area contributed by atoms with Gasteiger partial charge in [0.1, 0.15) is 6.04 Å². The van der Waals surface area contributed by atoms with Crippen molar-refractivity contribution in [1.82, 2.24) is 4.72 Å². The zero-order chi connectivity index (χ0) is 14.3. The van der Waals surface area contributed by atoms with Gasteiger partial charge in [-0.3, -0.25) is 9.59 Å². The van der Waals surface area contributed by atoms with Crippen molar-refractivity contribution in [2.24, 2.45) is 5.92 Å². The third-order valence-electron chi connectivity index (χ3n) is 2.23. The molecule has 7 nitrogen and oxygen atoms in total. The molecule has 0 aliphatic heterocycles. The second-order valence-corrected chi connectivity index (χ2v) is 5.88. The van der Waals surface area contributed by atoms with Crippen LogP contribution in [-0.2, 0) is 29.1 Å². The Labute approximate surface area is 107 Å². The number of methoxy groups -OCH3 is 2. The van der Waals surface area contributed by atoms with E-state index in [1.807, 2.05) is 0 Å². The van der Waals surface area contributed by atoms with Crippen LogP contribution < -0.4 is 4.72 Å². The van der Waals surface area contributed by atoms with Gasteiger partial charge in [-0.1, -0.05) is 13.8 Å². The molecule has 18 heavy (non-hydrogen) atoms. The van der Waals surface area contributed by atoms with Gasteiger partial charge in [0.05, 0.1) is 26.4 Å². The largest absolute Gasteiger partial charge is 0.469 e. The van der Waals surface area contributed by atoms with Gasteiger partial charge in [-0.2, -0.15) is 0 Å². The second kappa shape index (κ2) is 7.32. The van der Waals surface area contributed by atoms with E-state index in [9.17, 15) is 18.0 Å². The molecule has 0 bridgehead atoms. The molecule has 1 unspecified atom stereocenters. The molecule has 0 aromatic heterocycles. The molecule has 0 spiro atoms. The fraction of sp³-hybridized carbons (Fsp3) is 0.800. The van der Waals surface area contributed by atoms with Crippen molar-refractivity contribution in [3.8, 4) is 0 Å². The Bertz CT molecular complexity index is 389. The first kappa shape index (κ1) is 16.9. The van der Waals surface area contributed by atoms with E-state index in [1.54, 1.807) is 13.8 Å². The summed E-state index contributed by atoms with van der Waals surface area (Å²) in [7, 11) is -1.38. The standard InChI is InChI=1S/C10H19NO6S/c1-7(2)9(10(13)17-4)11-18(14,15)6-5-8(12)16-3/h7,9,11H,5-6H2,1-4H3. The van der Waals surface area contributed by atoms with Crippen molar-refractivity contribution in [2.75, 3.05) is 20.0 Å². The van der Waals surface area contributed by atoms with E-state index in [4.69, 9.17) is 0 Å². The fourth-order valence-electron chi connectivity index (χ4n) is 1.16. The van der Waals surface area contributed by atoms with Gasteiger partial charge in [-0.05, 0) is 5.92 Å². The molecule has 106 valence electrons. The maximum Gasteiger partial charge on any atom is 0.324 e. The van der Waals surface area contributed by atoms with Gasteiger partial charge in [0.2, 0.25) is 10.0 Å². The minimum absolute atomic E-state index is 0.259. The molecule has 0 amide bonds. The third-order valence-corrected chi connectivity index (χ3v) is 3.59. The van der Waals surface area contributed by atoms with Crippen LogP contribution in [0.1, 0.15) is 20.3 Å². The number of nitrogens with one attached hydrogen (secondary N) is 1. The van der Waals surface area contributed by atoms with Crippen LogP contribution >= 0.6 is 0 Å². The Morgan fingerprint density at radius 2 is 1.72 bits per heavy atom. The highest BCUT2D eigenvalue weighted by Gasteiger charge is 2.28. The lowest BCUT2D eigenvalue weighted by Gasteiger charge is -2.19. The Balaban J connectivity index is 4.62. The monoisotopic (exact) mass is 281 g/mol.